The number of sulfonamides is 1. The SMILES string of the molecule is CCN(C(C)(C)C(=O)O)S(=O)(=O)c1cnc[nH]1. The number of H-pyrrole nitrogens is 1. The average Bonchev–Trinajstić information content (AvgIpc) is 2.70. The first kappa shape index (κ1) is 13.7. The van der Waals surface area contributed by atoms with Gasteiger partial charge in [0.15, 0.2) is 5.03 Å². The highest BCUT2D eigenvalue weighted by atomic mass is 32.2. The first-order valence-electron chi connectivity index (χ1n) is 4.99. The number of carboxylic acid groups (broad SMARTS) is 1. The zero-order valence-corrected chi connectivity index (χ0v) is 10.7. The number of likely N-dealkylation sites (N-methyl/N-ethyl adjacent to an activating group) is 1. The fourth-order valence-corrected chi connectivity index (χ4v) is 3.13. The van der Waals surface area contributed by atoms with E-state index in [-0.39, 0.29) is 11.6 Å². The summed E-state index contributed by atoms with van der Waals surface area (Å²) in [6, 6.07) is 0. The molecule has 0 aliphatic heterocycles. The lowest BCUT2D eigenvalue weighted by atomic mass is 10.1. The monoisotopic (exact) mass is 261 g/mol. The van der Waals surface area contributed by atoms with Gasteiger partial charge in [-0.1, -0.05) is 6.92 Å². The van der Waals surface area contributed by atoms with E-state index in [9.17, 15) is 13.2 Å². The summed E-state index contributed by atoms with van der Waals surface area (Å²) >= 11 is 0. The normalized spacial score (nSPS) is 12.9. The molecule has 0 spiro atoms. The van der Waals surface area contributed by atoms with Crippen molar-refractivity contribution >= 4 is 16.0 Å². The van der Waals surface area contributed by atoms with Gasteiger partial charge in [-0.05, 0) is 13.8 Å². The highest BCUT2D eigenvalue weighted by Gasteiger charge is 2.42. The van der Waals surface area contributed by atoms with Crippen molar-refractivity contribution in [2.24, 2.45) is 0 Å². The number of hydrogen-bond acceptors (Lipinski definition) is 4. The Morgan fingerprint density at radius 2 is 2.18 bits per heavy atom. The van der Waals surface area contributed by atoms with E-state index < -0.39 is 21.5 Å². The van der Waals surface area contributed by atoms with Crippen LogP contribution in [0.4, 0.5) is 0 Å². The lowest BCUT2D eigenvalue weighted by molar-refractivity contribution is -0.146. The lowest BCUT2D eigenvalue weighted by Crippen LogP contribution is -2.52. The largest absolute Gasteiger partial charge is 0.480 e. The number of rotatable bonds is 5. The van der Waals surface area contributed by atoms with Gasteiger partial charge in [-0.2, -0.15) is 4.31 Å². The maximum atomic E-state index is 12.2. The number of carboxylic acids is 1. The molecule has 7 nitrogen and oxygen atoms in total. The minimum Gasteiger partial charge on any atom is -0.480 e. The smallest absolute Gasteiger partial charge is 0.324 e. The van der Waals surface area contributed by atoms with Crippen LogP contribution in [0.3, 0.4) is 0 Å². The van der Waals surface area contributed by atoms with E-state index in [1.165, 1.54) is 20.2 Å². The summed E-state index contributed by atoms with van der Waals surface area (Å²) in [7, 11) is -3.88. The Balaban J connectivity index is 3.25. The van der Waals surface area contributed by atoms with E-state index in [0.29, 0.717) is 0 Å². The topological polar surface area (TPSA) is 103 Å². The van der Waals surface area contributed by atoms with E-state index in [1.54, 1.807) is 6.92 Å². The summed E-state index contributed by atoms with van der Waals surface area (Å²) < 4.78 is 25.2. The Hall–Kier alpha value is -1.41. The number of hydrogen-bond donors (Lipinski definition) is 2. The van der Waals surface area contributed by atoms with Gasteiger partial charge in [-0.15, -0.1) is 0 Å². The van der Waals surface area contributed by atoms with Crippen molar-refractivity contribution in [3.05, 3.63) is 12.5 Å². The summed E-state index contributed by atoms with van der Waals surface area (Å²) in [5.74, 6) is -1.21. The minimum atomic E-state index is -3.88. The number of carbonyl (C=O) groups is 1. The van der Waals surface area contributed by atoms with Gasteiger partial charge < -0.3 is 10.1 Å². The number of nitrogens with zero attached hydrogens (tertiary/aromatic N) is 2. The molecule has 0 saturated carbocycles. The zero-order valence-electron chi connectivity index (χ0n) is 9.84. The van der Waals surface area contributed by atoms with Crippen LogP contribution < -0.4 is 0 Å². The van der Waals surface area contributed by atoms with Gasteiger partial charge >= 0.3 is 5.97 Å². The number of aliphatic carboxylic acids is 1. The van der Waals surface area contributed by atoms with Crippen LogP contribution >= 0.6 is 0 Å². The molecule has 0 bridgehead atoms. The number of aromatic nitrogens is 2. The van der Waals surface area contributed by atoms with Crippen LogP contribution in [0.2, 0.25) is 0 Å². The molecule has 2 N–H and O–H groups in total. The molecular weight excluding hydrogens is 246 g/mol. The Kier molecular flexibility index (Phi) is 3.58. The summed E-state index contributed by atoms with van der Waals surface area (Å²) in [5.41, 5.74) is -1.52. The highest BCUT2D eigenvalue weighted by molar-refractivity contribution is 7.89. The van der Waals surface area contributed by atoms with Gasteiger partial charge in [0.2, 0.25) is 0 Å². The van der Waals surface area contributed by atoms with Crippen LogP contribution in [0, 0.1) is 0 Å². The van der Waals surface area contributed by atoms with Gasteiger partial charge in [-0.25, -0.2) is 13.4 Å². The van der Waals surface area contributed by atoms with Crippen molar-refractivity contribution < 1.29 is 18.3 Å². The molecule has 1 rings (SSSR count). The lowest BCUT2D eigenvalue weighted by Gasteiger charge is -2.32. The maximum Gasteiger partial charge on any atom is 0.324 e. The Bertz CT molecular complexity index is 492. The van der Waals surface area contributed by atoms with E-state index in [0.717, 1.165) is 10.5 Å². The first-order valence-corrected chi connectivity index (χ1v) is 6.43. The molecule has 8 heteroatoms. The van der Waals surface area contributed by atoms with Crippen molar-refractivity contribution in [2.75, 3.05) is 6.54 Å². The zero-order chi connectivity index (χ0) is 13.3. The Morgan fingerprint density at radius 1 is 1.59 bits per heavy atom. The van der Waals surface area contributed by atoms with Gasteiger partial charge in [0, 0.05) is 6.54 Å². The van der Waals surface area contributed by atoms with E-state index >= 15 is 0 Å². The van der Waals surface area contributed by atoms with E-state index in [1.807, 2.05) is 0 Å². The number of nitrogens with one attached hydrogen (secondary N) is 1. The summed E-state index contributed by atoms with van der Waals surface area (Å²) in [6.07, 6.45) is 2.38. The number of imidazole rings is 1. The van der Waals surface area contributed by atoms with Gasteiger partial charge in [0.25, 0.3) is 10.0 Å². The first-order chi connectivity index (χ1) is 7.74. The third-order valence-corrected chi connectivity index (χ3v) is 4.55. The molecule has 1 aromatic rings. The molecule has 1 aromatic heterocycles. The van der Waals surface area contributed by atoms with Gasteiger partial charge in [0.1, 0.15) is 5.54 Å². The third-order valence-electron chi connectivity index (χ3n) is 2.48. The van der Waals surface area contributed by atoms with Gasteiger partial charge in [-0.3, -0.25) is 4.79 Å². The Morgan fingerprint density at radius 3 is 2.53 bits per heavy atom. The fourth-order valence-electron chi connectivity index (χ4n) is 1.48. The molecule has 1 heterocycles. The van der Waals surface area contributed by atoms with Crippen LogP contribution in [0.1, 0.15) is 20.8 Å². The molecule has 0 unspecified atom stereocenters. The molecule has 0 amide bonds. The van der Waals surface area contributed by atoms with Crippen molar-refractivity contribution in [1.29, 1.82) is 0 Å². The second kappa shape index (κ2) is 4.46. The van der Waals surface area contributed by atoms with E-state index in [4.69, 9.17) is 5.11 Å². The second-order valence-electron chi connectivity index (χ2n) is 3.95. The summed E-state index contributed by atoms with van der Waals surface area (Å²) in [4.78, 5) is 17.2. The average molecular weight is 261 g/mol. The van der Waals surface area contributed by atoms with Crippen LogP contribution in [0.5, 0.6) is 0 Å². The highest BCUT2D eigenvalue weighted by Crippen LogP contribution is 2.23. The maximum absolute atomic E-state index is 12.2. The minimum absolute atomic E-state index is 0.0562. The van der Waals surface area contributed by atoms with Crippen LogP contribution in [0.25, 0.3) is 0 Å². The predicted molar refractivity (Wildman–Crippen MR) is 59.9 cm³/mol. The standard InChI is InChI=1S/C9H15N3O4S/c1-4-12(9(2,3)8(13)14)17(15,16)7-5-10-6-11-7/h5-6H,4H2,1-3H3,(H,10,11)(H,13,14). The van der Waals surface area contributed by atoms with Crippen molar-refractivity contribution in [3.8, 4) is 0 Å². The molecular formula is C9H15N3O4S. The summed E-state index contributed by atoms with van der Waals surface area (Å²) in [6.45, 7) is 4.32. The van der Waals surface area contributed by atoms with Crippen LogP contribution in [0.15, 0.2) is 17.6 Å². The van der Waals surface area contributed by atoms with E-state index in [2.05, 4.69) is 9.97 Å². The molecule has 0 fully saturated rings. The molecule has 0 saturated heterocycles. The molecule has 96 valence electrons. The van der Waals surface area contributed by atoms with Crippen molar-refractivity contribution in [1.82, 2.24) is 14.3 Å². The molecule has 0 aliphatic carbocycles. The molecule has 17 heavy (non-hydrogen) atoms. The van der Waals surface area contributed by atoms with Crippen LogP contribution in [-0.2, 0) is 14.8 Å². The molecule has 0 atom stereocenters. The quantitative estimate of drug-likeness (QED) is 0.792. The Labute approximate surface area is 99.5 Å². The summed E-state index contributed by atoms with van der Waals surface area (Å²) in [5, 5.41) is 8.95. The predicted octanol–water partition coefficient (Wildman–Crippen LogP) is 0.283. The van der Waals surface area contributed by atoms with Gasteiger partial charge in [0.05, 0.1) is 12.5 Å². The fraction of sp³-hybridized carbons (Fsp3) is 0.556. The van der Waals surface area contributed by atoms with Crippen LogP contribution in [-0.4, -0.2) is 45.9 Å². The molecule has 0 aliphatic rings. The molecule has 0 radical (unpaired) electrons. The third kappa shape index (κ3) is 2.32. The van der Waals surface area contributed by atoms with Crippen molar-refractivity contribution in [2.45, 2.75) is 31.3 Å². The second-order valence-corrected chi connectivity index (χ2v) is 5.78. The van der Waals surface area contributed by atoms with Crippen molar-refractivity contribution in [3.63, 3.8) is 0 Å². The number of aromatic amines is 1. The molecule has 0 aromatic carbocycles.